The Balaban J connectivity index is 3.40. The van der Waals surface area contributed by atoms with Crippen LogP contribution in [0.15, 0.2) is 17.1 Å². The van der Waals surface area contributed by atoms with Gasteiger partial charge in [-0.15, -0.1) is 0 Å². The van der Waals surface area contributed by atoms with Crippen LogP contribution in [-0.4, -0.2) is 6.08 Å². The van der Waals surface area contributed by atoms with Crippen LogP contribution in [-0.2, 0) is 4.79 Å². The molecule has 0 spiro atoms. The molecule has 0 fully saturated rings. The highest BCUT2D eigenvalue weighted by Gasteiger charge is 2.04. The Morgan fingerprint density at radius 2 is 2.23 bits per heavy atom. The number of isocyanates is 1. The van der Waals surface area contributed by atoms with Gasteiger partial charge in [0.05, 0.1) is 22.3 Å². The van der Waals surface area contributed by atoms with Crippen LogP contribution in [0, 0.1) is 18.3 Å². The van der Waals surface area contributed by atoms with Gasteiger partial charge in [-0.25, -0.2) is 4.79 Å². The molecule has 0 aromatic heterocycles. The lowest BCUT2D eigenvalue weighted by Gasteiger charge is -1.99. The molecule has 64 valence electrons. The number of rotatable bonds is 1. The van der Waals surface area contributed by atoms with E-state index in [0.29, 0.717) is 10.6 Å². The van der Waals surface area contributed by atoms with E-state index in [2.05, 4.69) is 4.99 Å². The van der Waals surface area contributed by atoms with Crippen LogP contribution < -0.4 is 0 Å². The van der Waals surface area contributed by atoms with Crippen molar-refractivity contribution in [3.63, 3.8) is 0 Å². The van der Waals surface area contributed by atoms with Gasteiger partial charge in [-0.3, -0.25) is 0 Å². The zero-order chi connectivity index (χ0) is 9.84. The molecule has 0 aliphatic heterocycles. The molecule has 0 heterocycles. The second kappa shape index (κ2) is 3.86. The minimum absolute atomic E-state index is 0.277. The molecule has 1 aromatic rings. The largest absolute Gasteiger partial charge is 0.240 e. The van der Waals surface area contributed by atoms with E-state index in [1.54, 1.807) is 13.0 Å². The summed E-state index contributed by atoms with van der Waals surface area (Å²) in [4.78, 5) is 13.3. The molecule has 0 radical (unpaired) electrons. The van der Waals surface area contributed by atoms with Gasteiger partial charge < -0.3 is 0 Å². The Hall–Kier alpha value is -1.62. The summed E-state index contributed by atoms with van der Waals surface area (Å²) < 4.78 is 0. The van der Waals surface area contributed by atoms with E-state index in [4.69, 9.17) is 16.9 Å². The lowest BCUT2D eigenvalue weighted by molar-refractivity contribution is 0.565. The number of nitriles is 1. The average molecular weight is 193 g/mol. The van der Waals surface area contributed by atoms with Gasteiger partial charge in [-0.2, -0.15) is 10.3 Å². The van der Waals surface area contributed by atoms with Gasteiger partial charge in [0.25, 0.3) is 0 Å². The van der Waals surface area contributed by atoms with Crippen LogP contribution >= 0.6 is 11.6 Å². The fourth-order valence-electron chi connectivity index (χ4n) is 0.917. The Labute approximate surface area is 80.3 Å². The smallest absolute Gasteiger partial charge is 0.211 e. The lowest BCUT2D eigenvalue weighted by Crippen LogP contribution is -1.81. The number of nitrogens with zero attached hydrogens (tertiary/aromatic N) is 2. The lowest BCUT2D eigenvalue weighted by atomic mass is 10.1. The second-order valence-corrected chi connectivity index (χ2v) is 2.84. The highest BCUT2D eigenvalue weighted by Crippen LogP contribution is 2.27. The average Bonchev–Trinajstić information content (AvgIpc) is 2.10. The quantitative estimate of drug-likeness (QED) is 0.507. The third-order valence-electron chi connectivity index (χ3n) is 1.58. The first-order chi connectivity index (χ1) is 6.19. The van der Waals surface area contributed by atoms with E-state index in [0.717, 1.165) is 5.56 Å². The number of benzene rings is 1. The number of aliphatic imine (C=N–C) groups is 1. The molecule has 0 aliphatic rings. The van der Waals surface area contributed by atoms with Crippen molar-refractivity contribution in [2.24, 2.45) is 4.99 Å². The van der Waals surface area contributed by atoms with E-state index >= 15 is 0 Å². The van der Waals surface area contributed by atoms with Crippen molar-refractivity contribution in [1.82, 2.24) is 0 Å². The number of aryl methyl sites for hydroxylation is 1. The number of carbonyl (C=O) groups excluding carboxylic acids is 1. The van der Waals surface area contributed by atoms with Crippen molar-refractivity contribution >= 4 is 23.4 Å². The van der Waals surface area contributed by atoms with E-state index in [9.17, 15) is 4.79 Å². The second-order valence-electron chi connectivity index (χ2n) is 2.43. The van der Waals surface area contributed by atoms with Gasteiger partial charge in [0, 0.05) is 0 Å². The van der Waals surface area contributed by atoms with Gasteiger partial charge in [0.2, 0.25) is 6.08 Å². The summed E-state index contributed by atoms with van der Waals surface area (Å²) in [6.45, 7) is 1.76. The first-order valence-electron chi connectivity index (χ1n) is 3.47. The van der Waals surface area contributed by atoms with Crippen LogP contribution in [0.2, 0.25) is 5.02 Å². The molecule has 0 unspecified atom stereocenters. The van der Waals surface area contributed by atoms with Crippen molar-refractivity contribution in [2.45, 2.75) is 6.92 Å². The molecule has 3 nitrogen and oxygen atoms in total. The topological polar surface area (TPSA) is 53.2 Å². The maximum Gasteiger partial charge on any atom is 0.240 e. The Morgan fingerprint density at radius 1 is 1.54 bits per heavy atom. The van der Waals surface area contributed by atoms with Gasteiger partial charge in [-0.05, 0) is 24.6 Å². The summed E-state index contributed by atoms with van der Waals surface area (Å²) in [5, 5.41) is 9.02. The molecular weight excluding hydrogens is 188 g/mol. The van der Waals surface area contributed by atoms with Crippen molar-refractivity contribution in [3.8, 4) is 6.07 Å². The van der Waals surface area contributed by atoms with Crippen LogP contribution in [0.1, 0.15) is 11.1 Å². The first-order valence-corrected chi connectivity index (χ1v) is 3.85. The van der Waals surface area contributed by atoms with Gasteiger partial charge in [-0.1, -0.05) is 11.6 Å². The standard InChI is InChI=1S/C9H5ClN2O/c1-6-2-8(10)9(12-5-13)3-7(6)4-11/h2-3H,1H3. The van der Waals surface area contributed by atoms with Crippen LogP contribution in [0.4, 0.5) is 5.69 Å². The summed E-state index contributed by atoms with van der Waals surface area (Å²) in [7, 11) is 0. The Kier molecular flexibility index (Phi) is 2.81. The van der Waals surface area contributed by atoms with Crippen molar-refractivity contribution in [2.75, 3.05) is 0 Å². The molecule has 0 saturated carbocycles. The zero-order valence-corrected chi connectivity index (χ0v) is 7.59. The van der Waals surface area contributed by atoms with E-state index < -0.39 is 0 Å². The van der Waals surface area contributed by atoms with Crippen LogP contribution in [0.5, 0.6) is 0 Å². The maximum atomic E-state index is 9.98. The van der Waals surface area contributed by atoms with Gasteiger partial charge in [0.15, 0.2) is 0 Å². The van der Waals surface area contributed by atoms with Gasteiger partial charge in [0.1, 0.15) is 0 Å². The molecule has 1 rings (SSSR count). The molecule has 0 atom stereocenters. The van der Waals surface area contributed by atoms with Crippen LogP contribution in [0.25, 0.3) is 0 Å². The molecule has 4 heteroatoms. The van der Waals surface area contributed by atoms with Crippen molar-refractivity contribution in [1.29, 1.82) is 5.26 Å². The molecule has 13 heavy (non-hydrogen) atoms. The number of hydrogen-bond donors (Lipinski definition) is 0. The number of hydrogen-bond acceptors (Lipinski definition) is 3. The highest BCUT2D eigenvalue weighted by atomic mass is 35.5. The molecule has 0 N–H and O–H groups in total. The van der Waals surface area contributed by atoms with E-state index in [1.807, 2.05) is 6.07 Å². The molecule has 0 aliphatic carbocycles. The van der Waals surface area contributed by atoms with Crippen molar-refractivity contribution < 1.29 is 4.79 Å². The van der Waals surface area contributed by atoms with E-state index in [-0.39, 0.29) is 5.69 Å². The SMILES string of the molecule is Cc1cc(Cl)c(N=C=O)cc1C#N. The summed E-state index contributed by atoms with van der Waals surface area (Å²) in [5.74, 6) is 0. The highest BCUT2D eigenvalue weighted by molar-refractivity contribution is 6.33. The third kappa shape index (κ3) is 1.94. The predicted octanol–water partition coefficient (Wildman–Crippen LogP) is 2.49. The summed E-state index contributed by atoms with van der Waals surface area (Å²) in [6.07, 6.45) is 1.38. The minimum atomic E-state index is 0.277. The Morgan fingerprint density at radius 3 is 2.77 bits per heavy atom. The van der Waals surface area contributed by atoms with E-state index in [1.165, 1.54) is 12.1 Å². The zero-order valence-electron chi connectivity index (χ0n) is 6.84. The molecule has 0 saturated heterocycles. The van der Waals surface area contributed by atoms with Crippen molar-refractivity contribution in [3.05, 3.63) is 28.3 Å². The Bertz CT molecular complexity index is 428. The number of halogens is 1. The molecular formula is C9H5ClN2O. The fraction of sp³-hybridized carbons (Fsp3) is 0.111. The summed E-state index contributed by atoms with van der Waals surface area (Å²) in [5.41, 5.74) is 1.49. The predicted molar refractivity (Wildman–Crippen MR) is 48.7 cm³/mol. The minimum Gasteiger partial charge on any atom is -0.211 e. The monoisotopic (exact) mass is 192 g/mol. The van der Waals surface area contributed by atoms with Crippen LogP contribution in [0.3, 0.4) is 0 Å². The molecule has 0 bridgehead atoms. The fourth-order valence-corrected chi connectivity index (χ4v) is 1.18. The molecule has 0 amide bonds. The summed E-state index contributed by atoms with van der Waals surface area (Å²) in [6, 6.07) is 5.03. The maximum absolute atomic E-state index is 9.98. The molecule has 1 aromatic carbocycles. The summed E-state index contributed by atoms with van der Waals surface area (Å²) >= 11 is 5.76. The third-order valence-corrected chi connectivity index (χ3v) is 1.88. The normalized spacial score (nSPS) is 8.69. The first kappa shape index (κ1) is 9.47. The van der Waals surface area contributed by atoms with Gasteiger partial charge >= 0.3 is 0 Å².